The lowest BCUT2D eigenvalue weighted by atomic mass is 10.3. The third kappa shape index (κ3) is 2.93. The molecule has 8 heteroatoms. The molecule has 21 heavy (non-hydrogen) atoms. The number of aromatic nitrogens is 2. The number of ether oxygens (including phenoxy) is 2. The first-order valence-electron chi connectivity index (χ1n) is 6.29. The molecule has 2 aromatic rings. The number of rotatable bonds is 4. The van der Waals surface area contributed by atoms with E-state index >= 15 is 0 Å². The molecule has 1 aliphatic heterocycles. The van der Waals surface area contributed by atoms with Crippen LogP contribution in [0.3, 0.4) is 0 Å². The maximum Gasteiger partial charge on any atom is 0.586 e. The number of alkyl halides is 2. The lowest BCUT2D eigenvalue weighted by Gasteiger charge is -2.07. The molecule has 2 heterocycles. The van der Waals surface area contributed by atoms with Crippen molar-refractivity contribution in [2.75, 3.05) is 17.2 Å². The summed E-state index contributed by atoms with van der Waals surface area (Å²) in [6, 6.07) is 6.09. The normalized spacial score (nSPS) is 14.8. The van der Waals surface area contributed by atoms with Gasteiger partial charge in [0.25, 0.3) is 0 Å². The van der Waals surface area contributed by atoms with Crippen molar-refractivity contribution in [2.24, 2.45) is 0 Å². The van der Waals surface area contributed by atoms with Crippen molar-refractivity contribution in [1.82, 2.24) is 9.97 Å². The van der Waals surface area contributed by atoms with Crippen molar-refractivity contribution in [3.05, 3.63) is 30.5 Å². The molecule has 0 amide bonds. The zero-order valence-electron chi connectivity index (χ0n) is 11.1. The van der Waals surface area contributed by atoms with Gasteiger partial charge in [-0.2, -0.15) is 4.98 Å². The minimum absolute atomic E-state index is 0.00146. The van der Waals surface area contributed by atoms with Crippen LogP contribution in [0.2, 0.25) is 0 Å². The topological polar surface area (TPSA) is 68.3 Å². The Morgan fingerprint density at radius 1 is 1.19 bits per heavy atom. The van der Waals surface area contributed by atoms with E-state index in [1.54, 1.807) is 18.3 Å². The van der Waals surface area contributed by atoms with Gasteiger partial charge in [0.15, 0.2) is 11.5 Å². The Morgan fingerprint density at radius 3 is 2.81 bits per heavy atom. The Bertz CT molecular complexity index is 666. The standard InChI is InChI=1S/C13H12F2N4O2/c1-2-16-12-17-6-5-11(19-12)18-8-3-4-9-10(7-8)21-13(14,15)20-9/h3-7H,2H2,1H3,(H2,16,17,18,19). The number of nitrogens with zero attached hydrogens (tertiary/aromatic N) is 2. The van der Waals surface area contributed by atoms with Gasteiger partial charge in [0.05, 0.1) is 0 Å². The molecule has 2 N–H and O–H groups in total. The van der Waals surface area contributed by atoms with Gasteiger partial charge in [-0.3, -0.25) is 0 Å². The van der Waals surface area contributed by atoms with Crippen LogP contribution in [0.1, 0.15) is 6.92 Å². The Kier molecular flexibility index (Phi) is 3.20. The zero-order valence-corrected chi connectivity index (χ0v) is 11.1. The maximum atomic E-state index is 12.9. The molecule has 1 aliphatic rings. The van der Waals surface area contributed by atoms with Gasteiger partial charge in [-0.1, -0.05) is 0 Å². The molecule has 0 unspecified atom stereocenters. The third-order valence-corrected chi connectivity index (χ3v) is 2.66. The van der Waals surface area contributed by atoms with Gasteiger partial charge in [0.2, 0.25) is 5.95 Å². The van der Waals surface area contributed by atoms with Gasteiger partial charge >= 0.3 is 6.29 Å². The fourth-order valence-electron chi connectivity index (χ4n) is 1.85. The molecule has 3 rings (SSSR count). The summed E-state index contributed by atoms with van der Waals surface area (Å²) in [5, 5.41) is 5.97. The molecule has 1 aromatic carbocycles. The van der Waals surface area contributed by atoms with Gasteiger partial charge in [-0.05, 0) is 25.1 Å². The lowest BCUT2D eigenvalue weighted by Crippen LogP contribution is -2.25. The van der Waals surface area contributed by atoms with Crippen molar-refractivity contribution < 1.29 is 18.3 Å². The number of fused-ring (bicyclic) bond motifs is 1. The number of hydrogen-bond acceptors (Lipinski definition) is 6. The zero-order chi connectivity index (χ0) is 14.9. The van der Waals surface area contributed by atoms with E-state index in [0.29, 0.717) is 24.0 Å². The second kappa shape index (κ2) is 5.04. The number of anilines is 3. The first-order chi connectivity index (χ1) is 10.1. The van der Waals surface area contributed by atoms with E-state index in [1.807, 2.05) is 6.92 Å². The fourth-order valence-corrected chi connectivity index (χ4v) is 1.85. The molecular formula is C13H12F2N4O2. The smallest absolute Gasteiger partial charge is 0.395 e. The predicted octanol–water partition coefficient (Wildman–Crippen LogP) is 2.97. The highest BCUT2D eigenvalue weighted by Crippen LogP contribution is 2.42. The largest absolute Gasteiger partial charge is 0.586 e. The van der Waals surface area contributed by atoms with E-state index in [1.165, 1.54) is 12.1 Å². The quantitative estimate of drug-likeness (QED) is 0.903. The van der Waals surface area contributed by atoms with Gasteiger partial charge in [-0.15, -0.1) is 8.78 Å². The molecule has 0 saturated carbocycles. The van der Waals surface area contributed by atoms with Crippen LogP contribution in [0.5, 0.6) is 11.5 Å². The Balaban J connectivity index is 1.79. The third-order valence-electron chi connectivity index (χ3n) is 2.66. The fraction of sp³-hybridized carbons (Fsp3) is 0.231. The first kappa shape index (κ1) is 13.3. The molecule has 0 bridgehead atoms. The van der Waals surface area contributed by atoms with E-state index in [-0.39, 0.29) is 11.5 Å². The van der Waals surface area contributed by atoms with Crippen LogP contribution >= 0.6 is 0 Å². The van der Waals surface area contributed by atoms with E-state index < -0.39 is 6.29 Å². The van der Waals surface area contributed by atoms with Crippen LogP contribution in [0.15, 0.2) is 30.5 Å². The molecule has 0 spiro atoms. The average Bonchev–Trinajstić information content (AvgIpc) is 2.73. The number of hydrogen-bond donors (Lipinski definition) is 2. The summed E-state index contributed by atoms with van der Waals surface area (Å²) in [5.41, 5.74) is 0.552. The van der Waals surface area contributed by atoms with Crippen molar-refractivity contribution in [3.63, 3.8) is 0 Å². The summed E-state index contributed by atoms with van der Waals surface area (Å²) in [6.45, 7) is 2.63. The van der Waals surface area contributed by atoms with Crippen LogP contribution < -0.4 is 20.1 Å². The summed E-state index contributed by atoms with van der Waals surface area (Å²) in [5.74, 6) is 0.994. The summed E-state index contributed by atoms with van der Waals surface area (Å²) in [7, 11) is 0. The first-order valence-corrected chi connectivity index (χ1v) is 6.29. The molecule has 1 aromatic heterocycles. The number of nitrogens with one attached hydrogen (secondary N) is 2. The van der Waals surface area contributed by atoms with Crippen molar-refractivity contribution in [1.29, 1.82) is 0 Å². The van der Waals surface area contributed by atoms with Crippen LogP contribution in [-0.2, 0) is 0 Å². The van der Waals surface area contributed by atoms with E-state index in [0.717, 1.165) is 0 Å². The Labute approximate surface area is 119 Å². The van der Waals surface area contributed by atoms with Crippen molar-refractivity contribution in [3.8, 4) is 11.5 Å². The van der Waals surface area contributed by atoms with Crippen LogP contribution in [0.25, 0.3) is 0 Å². The highest BCUT2D eigenvalue weighted by atomic mass is 19.3. The summed E-state index contributed by atoms with van der Waals surface area (Å²) >= 11 is 0. The molecule has 6 nitrogen and oxygen atoms in total. The number of halogens is 2. The highest BCUT2D eigenvalue weighted by molar-refractivity contribution is 5.62. The van der Waals surface area contributed by atoms with E-state index in [9.17, 15) is 8.78 Å². The van der Waals surface area contributed by atoms with Crippen LogP contribution in [0, 0.1) is 0 Å². The van der Waals surface area contributed by atoms with Crippen molar-refractivity contribution in [2.45, 2.75) is 13.2 Å². The highest BCUT2D eigenvalue weighted by Gasteiger charge is 2.43. The van der Waals surface area contributed by atoms with E-state index in [2.05, 4.69) is 30.1 Å². The minimum Gasteiger partial charge on any atom is -0.395 e. The molecule has 0 radical (unpaired) electrons. The van der Waals surface area contributed by atoms with Gasteiger partial charge in [0.1, 0.15) is 5.82 Å². The van der Waals surface area contributed by atoms with Gasteiger partial charge in [0, 0.05) is 24.5 Å². The van der Waals surface area contributed by atoms with Crippen LogP contribution in [0.4, 0.5) is 26.2 Å². The monoisotopic (exact) mass is 294 g/mol. The predicted molar refractivity (Wildman–Crippen MR) is 72.1 cm³/mol. The molecule has 0 aliphatic carbocycles. The molecule has 0 saturated heterocycles. The Hall–Kier alpha value is -2.64. The maximum absolute atomic E-state index is 12.9. The second-order valence-corrected chi connectivity index (χ2v) is 4.25. The molecular weight excluding hydrogens is 282 g/mol. The van der Waals surface area contributed by atoms with E-state index in [4.69, 9.17) is 0 Å². The second-order valence-electron chi connectivity index (χ2n) is 4.25. The average molecular weight is 294 g/mol. The number of benzene rings is 1. The van der Waals surface area contributed by atoms with Crippen molar-refractivity contribution >= 4 is 17.5 Å². The van der Waals surface area contributed by atoms with Gasteiger partial charge < -0.3 is 20.1 Å². The van der Waals surface area contributed by atoms with Crippen LogP contribution in [-0.4, -0.2) is 22.8 Å². The summed E-state index contributed by atoms with van der Waals surface area (Å²) in [6.07, 6.45) is -2.03. The molecule has 0 fully saturated rings. The summed E-state index contributed by atoms with van der Waals surface area (Å²) < 4.78 is 34.6. The molecule has 110 valence electrons. The SMILES string of the molecule is CCNc1nccc(Nc2ccc3c(c2)OC(F)(F)O3)n1. The summed E-state index contributed by atoms with van der Waals surface area (Å²) in [4.78, 5) is 8.27. The lowest BCUT2D eigenvalue weighted by molar-refractivity contribution is -0.286. The Morgan fingerprint density at radius 2 is 2.00 bits per heavy atom. The minimum atomic E-state index is -3.62. The molecule has 0 atom stereocenters. The van der Waals surface area contributed by atoms with Gasteiger partial charge in [-0.25, -0.2) is 4.98 Å².